The van der Waals surface area contributed by atoms with E-state index in [0.717, 1.165) is 43.7 Å². The highest BCUT2D eigenvalue weighted by atomic mass is 79.9. The number of methoxy groups -OCH3 is 1. The molecule has 0 saturated heterocycles. The Kier molecular flexibility index (Phi) is 8.25. The molecule has 0 aliphatic rings. The van der Waals surface area contributed by atoms with Gasteiger partial charge in [-0.25, -0.2) is 0 Å². The largest absolute Gasteiger partial charge is 0.385 e. The molecule has 0 spiro atoms. The van der Waals surface area contributed by atoms with Gasteiger partial charge in [-0.15, -0.1) is 0 Å². The van der Waals surface area contributed by atoms with Crippen molar-refractivity contribution in [3.05, 3.63) is 34.3 Å². The predicted octanol–water partition coefficient (Wildman–Crippen LogP) is 2.51. The van der Waals surface area contributed by atoms with E-state index < -0.39 is 0 Å². The molecule has 102 valence electrons. The van der Waals surface area contributed by atoms with E-state index in [1.165, 1.54) is 5.56 Å². The maximum absolute atomic E-state index is 5.00. The Morgan fingerprint density at radius 2 is 1.94 bits per heavy atom. The van der Waals surface area contributed by atoms with E-state index in [-0.39, 0.29) is 0 Å². The third-order valence-electron chi connectivity index (χ3n) is 2.74. The number of ether oxygens (including phenoxy) is 1. The van der Waals surface area contributed by atoms with E-state index in [1.54, 1.807) is 7.11 Å². The number of hydrogen-bond donors (Lipinski definition) is 1. The van der Waals surface area contributed by atoms with Crippen molar-refractivity contribution in [3.8, 4) is 0 Å². The fourth-order valence-corrected chi connectivity index (χ4v) is 1.98. The molecule has 4 heteroatoms. The number of benzene rings is 1. The van der Waals surface area contributed by atoms with Crippen LogP contribution in [0.15, 0.2) is 28.7 Å². The van der Waals surface area contributed by atoms with Crippen LogP contribution in [0.1, 0.15) is 12.0 Å². The topological polar surface area (TPSA) is 24.5 Å². The van der Waals surface area contributed by atoms with Crippen molar-refractivity contribution in [1.29, 1.82) is 0 Å². The van der Waals surface area contributed by atoms with Gasteiger partial charge in [-0.3, -0.25) is 0 Å². The Bertz CT molecular complexity index is 316. The van der Waals surface area contributed by atoms with Gasteiger partial charge in [0.1, 0.15) is 0 Å². The molecule has 1 rings (SSSR count). The molecule has 0 aliphatic carbocycles. The molecule has 0 radical (unpaired) electrons. The van der Waals surface area contributed by atoms with Crippen molar-refractivity contribution in [2.75, 3.05) is 40.4 Å². The van der Waals surface area contributed by atoms with Gasteiger partial charge in [-0.2, -0.15) is 0 Å². The monoisotopic (exact) mass is 314 g/mol. The molecule has 0 aliphatic heterocycles. The third-order valence-corrected chi connectivity index (χ3v) is 3.27. The van der Waals surface area contributed by atoms with Crippen LogP contribution >= 0.6 is 15.9 Å². The summed E-state index contributed by atoms with van der Waals surface area (Å²) in [6.45, 7) is 4.94. The first-order chi connectivity index (χ1) is 8.72. The van der Waals surface area contributed by atoms with E-state index >= 15 is 0 Å². The normalized spacial score (nSPS) is 11.1. The molecule has 0 atom stereocenters. The van der Waals surface area contributed by atoms with Crippen LogP contribution < -0.4 is 5.32 Å². The standard InChI is InChI=1S/C14H23BrN2O/c1-17(10-9-16-8-3-11-18-2)12-13-4-6-14(15)7-5-13/h4-7,16H,3,8-12H2,1-2H3. The van der Waals surface area contributed by atoms with Crippen molar-refractivity contribution < 1.29 is 4.74 Å². The van der Waals surface area contributed by atoms with E-state index in [9.17, 15) is 0 Å². The zero-order valence-electron chi connectivity index (χ0n) is 11.3. The number of nitrogens with one attached hydrogen (secondary N) is 1. The summed E-state index contributed by atoms with van der Waals surface area (Å²) in [5.74, 6) is 0. The Morgan fingerprint density at radius 3 is 2.61 bits per heavy atom. The van der Waals surface area contributed by atoms with Crippen LogP contribution in [0.3, 0.4) is 0 Å². The van der Waals surface area contributed by atoms with Gasteiger partial charge in [-0.1, -0.05) is 28.1 Å². The molecule has 18 heavy (non-hydrogen) atoms. The first kappa shape index (κ1) is 15.6. The average Bonchev–Trinajstić information content (AvgIpc) is 2.36. The molecule has 0 amide bonds. The van der Waals surface area contributed by atoms with E-state index in [1.807, 2.05) is 0 Å². The van der Waals surface area contributed by atoms with Crippen molar-refractivity contribution in [2.24, 2.45) is 0 Å². The number of likely N-dealkylation sites (N-methyl/N-ethyl adjacent to an activating group) is 1. The molecule has 0 saturated carbocycles. The first-order valence-electron chi connectivity index (χ1n) is 6.35. The van der Waals surface area contributed by atoms with Crippen LogP contribution in [0.5, 0.6) is 0 Å². The second kappa shape index (κ2) is 9.50. The summed E-state index contributed by atoms with van der Waals surface area (Å²) in [5.41, 5.74) is 1.35. The van der Waals surface area contributed by atoms with Crippen molar-refractivity contribution in [2.45, 2.75) is 13.0 Å². The summed E-state index contributed by atoms with van der Waals surface area (Å²) >= 11 is 3.45. The smallest absolute Gasteiger partial charge is 0.0474 e. The van der Waals surface area contributed by atoms with E-state index in [2.05, 4.69) is 57.5 Å². The summed E-state index contributed by atoms with van der Waals surface area (Å²) in [6, 6.07) is 8.50. The summed E-state index contributed by atoms with van der Waals surface area (Å²) in [5, 5.41) is 3.42. The highest BCUT2D eigenvalue weighted by Gasteiger charge is 1.99. The van der Waals surface area contributed by atoms with Gasteiger partial charge in [-0.05, 0) is 37.7 Å². The predicted molar refractivity (Wildman–Crippen MR) is 79.8 cm³/mol. The molecule has 0 heterocycles. The SMILES string of the molecule is COCCCNCCN(C)Cc1ccc(Br)cc1. The lowest BCUT2D eigenvalue weighted by Crippen LogP contribution is -2.29. The summed E-state index contributed by atoms with van der Waals surface area (Å²) in [7, 11) is 3.89. The highest BCUT2D eigenvalue weighted by Crippen LogP contribution is 2.11. The second-order valence-electron chi connectivity index (χ2n) is 4.46. The Hall–Kier alpha value is -0.420. The van der Waals surface area contributed by atoms with Crippen LogP contribution in [-0.4, -0.2) is 45.3 Å². The third kappa shape index (κ3) is 7.11. The molecule has 0 fully saturated rings. The first-order valence-corrected chi connectivity index (χ1v) is 7.14. The molecule has 3 nitrogen and oxygen atoms in total. The molecule has 0 bridgehead atoms. The fraction of sp³-hybridized carbons (Fsp3) is 0.571. The van der Waals surface area contributed by atoms with Crippen LogP contribution in [0.25, 0.3) is 0 Å². The molecule has 0 aromatic heterocycles. The van der Waals surface area contributed by atoms with Gasteiger partial charge in [0.25, 0.3) is 0 Å². The Labute approximate surface area is 119 Å². The molecule has 0 unspecified atom stereocenters. The van der Waals surface area contributed by atoms with Gasteiger partial charge in [0.15, 0.2) is 0 Å². The summed E-state index contributed by atoms with van der Waals surface area (Å²) < 4.78 is 6.14. The van der Waals surface area contributed by atoms with Gasteiger partial charge in [0.05, 0.1) is 0 Å². The summed E-state index contributed by atoms with van der Waals surface area (Å²) in [6.07, 6.45) is 1.08. The van der Waals surface area contributed by atoms with Crippen LogP contribution in [0.4, 0.5) is 0 Å². The minimum absolute atomic E-state index is 0.835. The zero-order chi connectivity index (χ0) is 13.2. The number of halogens is 1. The molecule has 1 aromatic carbocycles. The fourth-order valence-electron chi connectivity index (χ4n) is 1.72. The van der Waals surface area contributed by atoms with Gasteiger partial charge < -0.3 is 15.0 Å². The van der Waals surface area contributed by atoms with Gasteiger partial charge in [0, 0.05) is 37.8 Å². The van der Waals surface area contributed by atoms with Crippen LogP contribution in [0, 0.1) is 0 Å². The lowest BCUT2D eigenvalue weighted by atomic mass is 10.2. The molecular weight excluding hydrogens is 292 g/mol. The zero-order valence-corrected chi connectivity index (χ0v) is 12.9. The maximum Gasteiger partial charge on any atom is 0.0474 e. The summed E-state index contributed by atoms with van der Waals surface area (Å²) in [4.78, 5) is 2.33. The number of hydrogen-bond acceptors (Lipinski definition) is 3. The Morgan fingerprint density at radius 1 is 1.22 bits per heavy atom. The minimum Gasteiger partial charge on any atom is -0.385 e. The minimum atomic E-state index is 0.835. The molecule has 1 aromatic rings. The molecular formula is C14H23BrN2O. The lowest BCUT2D eigenvalue weighted by molar-refractivity contribution is 0.194. The Balaban J connectivity index is 2.10. The number of rotatable bonds is 9. The van der Waals surface area contributed by atoms with Crippen LogP contribution in [0.2, 0.25) is 0 Å². The van der Waals surface area contributed by atoms with Crippen molar-refractivity contribution >= 4 is 15.9 Å². The van der Waals surface area contributed by atoms with Crippen molar-refractivity contribution in [1.82, 2.24) is 10.2 Å². The number of nitrogens with zero attached hydrogens (tertiary/aromatic N) is 1. The second-order valence-corrected chi connectivity index (χ2v) is 5.38. The van der Waals surface area contributed by atoms with E-state index in [0.29, 0.717) is 0 Å². The van der Waals surface area contributed by atoms with Gasteiger partial charge in [0.2, 0.25) is 0 Å². The quantitative estimate of drug-likeness (QED) is 0.709. The lowest BCUT2D eigenvalue weighted by Gasteiger charge is -2.17. The van der Waals surface area contributed by atoms with Crippen LogP contribution in [-0.2, 0) is 11.3 Å². The van der Waals surface area contributed by atoms with Gasteiger partial charge >= 0.3 is 0 Å². The van der Waals surface area contributed by atoms with Crippen molar-refractivity contribution in [3.63, 3.8) is 0 Å². The molecule has 1 N–H and O–H groups in total. The average molecular weight is 315 g/mol. The highest BCUT2D eigenvalue weighted by molar-refractivity contribution is 9.10. The van der Waals surface area contributed by atoms with E-state index in [4.69, 9.17) is 4.74 Å². The maximum atomic E-state index is 5.00.